The number of benzene rings is 5. The van der Waals surface area contributed by atoms with E-state index in [1.807, 2.05) is 66.9 Å². The van der Waals surface area contributed by atoms with Crippen LogP contribution in [0.2, 0.25) is 0 Å². The van der Waals surface area contributed by atoms with Crippen LogP contribution >= 0.6 is 0 Å². The number of aliphatic hydroxyl groups excluding tert-OH is 1. The molecule has 7 heteroatoms. The Kier molecular flexibility index (Phi) is 8.24. The molecule has 0 radical (unpaired) electrons. The molecule has 6 rings (SSSR count). The van der Waals surface area contributed by atoms with Crippen LogP contribution in [0.5, 0.6) is 5.75 Å². The van der Waals surface area contributed by atoms with Gasteiger partial charge in [0.15, 0.2) is 5.78 Å². The van der Waals surface area contributed by atoms with E-state index in [1.165, 1.54) is 12.1 Å². The van der Waals surface area contributed by atoms with Crippen molar-refractivity contribution in [1.82, 2.24) is 4.98 Å². The lowest BCUT2D eigenvalue weighted by atomic mass is 9.88. The number of Topliss-reactive ketones (excluding diaryl/α,β-unsaturated/α-hetero) is 1. The first-order valence-corrected chi connectivity index (χ1v) is 14.1. The summed E-state index contributed by atoms with van der Waals surface area (Å²) in [4.78, 5) is 16.5. The highest BCUT2D eigenvalue weighted by atomic mass is 19.4. The average molecular weight is 602 g/mol. The second-order valence-corrected chi connectivity index (χ2v) is 10.4. The van der Waals surface area contributed by atoms with Crippen LogP contribution in [-0.2, 0) is 12.8 Å². The maximum absolute atomic E-state index is 13.3. The number of fused-ring (bicyclic) bond motifs is 1. The maximum Gasteiger partial charge on any atom is 0.416 e. The first-order chi connectivity index (χ1) is 21.8. The van der Waals surface area contributed by atoms with E-state index in [1.54, 1.807) is 36.4 Å². The Hall–Kier alpha value is -5.58. The second-order valence-electron chi connectivity index (χ2n) is 10.4. The Morgan fingerprint density at radius 3 is 2.31 bits per heavy atom. The number of hydrogen-bond acceptors (Lipinski definition) is 3. The fourth-order valence-electron chi connectivity index (χ4n) is 5.06. The largest absolute Gasteiger partial charge is 0.489 e. The van der Waals surface area contributed by atoms with Gasteiger partial charge in [-0.2, -0.15) is 13.2 Å². The molecule has 0 amide bonds. The maximum atomic E-state index is 13.3. The molecule has 0 spiro atoms. The molecule has 0 saturated heterocycles. The highest BCUT2D eigenvalue weighted by molar-refractivity contribution is 6.01. The molecule has 0 fully saturated rings. The van der Waals surface area contributed by atoms with Crippen LogP contribution in [0, 0.1) is 11.8 Å². The van der Waals surface area contributed by atoms with Gasteiger partial charge in [-0.15, -0.1) is 0 Å². The number of carbonyl (C=O) groups is 1. The molecule has 0 aliphatic carbocycles. The van der Waals surface area contributed by atoms with Gasteiger partial charge in [0.25, 0.3) is 0 Å². The lowest BCUT2D eigenvalue weighted by Gasteiger charge is -2.17. The molecular weight excluding hydrogens is 575 g/mol. The molecule has 1 aromatic heterocycles. The zero-order valence-corrected chi connectivity index (χ0v) is 23.8. The van der Waals surface area contributed by atoms with Gasteiger partial charge in [0, 0.05) is 34.0 Å². The molecule has 2 N–H and O–H groups in total. The van der Waals surface area contributed by atoms with Gasteiger partial charge in [-0.05, 0) is 76.7 Å². The van der Waals surface area contributed by atoms with Gasteiger partial charge in [-0.25, -0.2) is 0 Å². The topological polar surface area (TPSA) is 62.3 Å². The quantitative estimate of drug-likeness (QED) is 0.142. The Bertz CT molecular complexity index is 2020. The van der Waals surface area contributed by atoms with E-state index < -0.39 is 23.6 Å². The Labute approximate surface area is 257 Å². The number of nitrogens with one attached hydrogen (secondary N) is 1. The predicted octanol–water partition coefficient (Wildman–Crippen LogP) is 8.75. The summed E-state index contributed by atoms with van der Waals surface area (Å²) in [7, 11) is 0. The van der Waals surface area contributed by atoms with Crippen molar-refractivity contribution >= 4 is 16.7 Å². The molecule has 0 aliphatic heterocycles. The molecular formula is C38H26F3NO3. The third-order valence-corrected chi connectivity index (χ3v) is 7.42. The number of H-pyrrole nitrogens is 1. The van der Waals surface area contributed by atoms with Crippen molar-refractivity contribution in [1.29, 1.82) is 0 Å². The molecule has 1 atom stereocenters. The lowest BCUT2D eigenvalue weighted by Crippen LogP contribution is -2.14. The Balaban J connectivity index is 1.27. The van der Waals surface area contributed by atoms with E-state index in [2.05, 4.69) is 16.8 Å². The van der Waals surface area contributed by atoms with Gasteiger partial charge >= 0.3 is 6.18 Å². The second kappa shape index (κ2) is 12.6. The number of rotatable bonds is 7. The van der Waals surface area contributed by atoms with Gasteiger partial charge in [-0.1, -0.05) is 78.6 Å². The van der Waals surface area contributed by atoms with Crippen LogP contribution in [0.15, 0.2) is 128 Å². The van der Waals surface area contributed by atoms with Crippen LogP contribution in [0.4, 0.5) is 13.2 Å². The van der Waals surface area contributed by atoms with E-state index in [9.17, 15) is 23.1 Å². The van der Waals surface area contributed by atoms with Gasteiger partial charge < -0.3 is 14.8 Å². The Morgan fingerprint density at radius 1 is 0.822 bits per heavy atom. The smallest absolute Gasteiger partial charge is 0.416 e. The highest BCUT2D eigenvalue weighted by Crippen LogP contribution is 2.35. The zero-order chi connectivity index (χ0) is 31.4. The van der Waals surface area contributed by atoms with Crippen molar-refractivity contribution in [3.05, 3.63) is 161 Å². The molecule has 0 aliphatic rings. The highest BCUT2D eigenvalue weighted by Gasteiger charge is 2.30. The molecule has 6 aromatic rings. The van der Waals surface area contributed by atoms with E-state index in [0.717, 1.165) is 39.7 Å². The molecule has 45 heavy (non-hydrogen) atoms. The van der Waals surface area contributed by atoms with Crippen molar-refractivity contribution < 1.29 is 27.8 Å². The van der Waals surface area contributed by atoms with Crippen LogP contribution in [0.25, 0.3) is 22.0 Å². The summed E-state index contributed by atoms with van der Waals surface area (Å²) in [6.45, 7) is 0.180. The molecule has 222 valence electrons. The summed E-state index contributed by atoms with van der Waals surface area (Å²) in [6, 6.07) is 33.9. The third kappa shape index (κ3) is 6.67. The number of ether oxygens (including phenoxy) is 1. The van der Waals surface area contributed by atoms with Crippen molar-refractivity contribution in [3.63, 3.8) is 0 Å². The minimum absolute atomic E-state index is 0.180. The normalized spacial score (nSPS) is 11.9. The average Bonchev–Trinajstić information content (AvgIpc) is 3.54. The third-order valence-electron chi connectivity index (χ3n) is 7.42. The van der Waals surface area contributed by atoms with Crippen LogP contribution < -0.4 is 4.74 Å². The first-order valence-electron chi connectivity index (χ1n) is 14.1. The molecule has 4 nitrogen and oxygen atoms in total. The summed E-state index contributed by atoms with van der Waals surface area (Å²) in [5.74, 6) is 6.35. The number of hydrogen-bond donors (Lipinski definition) is 2. The minimum atomic E-state index is -4.40. The summed E-state index contributed by atoms with van der Waals surface area (Å²) in [5, 5.41) is 12.3. The van der Waals surface area contributed by atoms with Crippen molar-refractivity contribution in [2.24, 2.45) is 0 Å². The SMILES string of the molecule is O=C(c1ccccc1)C(O)c1cccc(C#Cc2ccc(COc3ccc(C(F)(F)F)cc3)cc2)c1-c1ccc2cc[nH]c2c1. The van der Waals surface area contributed by atoms with E-state index in [-0.39, 0.29) is 6.61 Å². The minimum Gasteiger partial charge on any atom is -0.489 e. The lowest BCUT2D eigenvalue weighted by molar-refractivity contribution is -0.137. The molecule has 1 unspecified atom stereocenters. The number of halogens is 3. The van der Waals surface area contributed by atoms with Crippen LogP contribution in [-0.4, -0.2) is 15.9 Å². The first kappa shape index (κ1) is 29.5. The fraction of sp³-hybridized carbons (Fsp3) is 0.0789. The number of aliphatic hydroxyl groups is 1. The number of carbonyl (C=O) groups excluding carboxylic acids is 1. The van der Waals surface area contributed by atoms with Gasteiger partial charge in [-0.3, -0.25) is 4.79 Å². The monoisotopic (exact) mass is 601 g/mol. The van der Waals surface area contributed by atoms with E-state index in [0.29, 0.717) is 28.0 Å². The number of aromatic nitrogens is 1. The summed E-state index contributed by atoms with van der Waals surface area (Å²) >= 11 is 0. The van der Waals surface area contributed by atoms with E-state index >= 15 is 0 Å². The molecule has 0 saturated carbocycles. The Morgan fingerprint density at radius 2 is 1.58 bits per heavy atom. The molecule has 5 aromatic carbocycles. The number of alkyl halides is 3. The number of ketones is 1. The van der Waals surface area contributed by atoms with Crippen molar-refractivity contribution in [3.8, 4) is 28.7 Å². The molecule has 1 heterocycles. The van der Waals surface area contributed by atoms with Gasteiger partial charge in [0.05, 0.1) is 5.56 Å². The standard InChI is InChI=1S/C38H26F3NO3/c39-38(40,41)31-17-19-32(20-18-31)45-24-26-11-9-25(10-12-26)13-14-28-7-4-8-33(37(44)36(43)29-5-2-1-3-6-29)35(28)30-16-15-27-21-22-42-34(27)23-30/h1-12,15-23,37,42,44H,24H2. The van der Waals surface area contributed by atoms with Gasteiger partial charge in [0.1, 0.15) is 18.5 Å². The molecule has 0 bridgehead atoms. The number of aromatic amines is 1. The van der Waals surface area contributed by atoms with Crippen LogP contribution in [0.1, 0.15) is 44.3 Å². The van der Waals surface area contributed by atoms with Gasteiger partial charge in [0.2, 0.25) is 0 Å². The van der Waals surface area contributed by atoms with Crippen molar-refractivity contribution in [2.75, 3.05) is 0 Å². The van der Waals surface area contributed by atoms with Crippen LogP contribution in [0.3, 0.4) is 0 Å². The summed E-state index contributed by atoms with van der Waals surface area (Å²) in [6.07, 6.45) is -3.94. The van der Waals surface area contributed by atoms with Crippen molar-refractivity contribution in [2.45, 2.75) is 18.9 Å². The van der Waals surface area contributed by atoms with E-state index in [4.69, 9.17) is 4.74 Å². The zero-order valence-electron chi connectivity index (χ0n) is 23.8. The summed E-state index contributed by atoms with van der Waals surface area (Å²) < 4.78 is 44.1. The predicted molar refractivity (Wildman–Crippen MR) is 168 cm³/mol. The summed E-state index contributed by atoms with van der Waals surface area (Å²) in [5.41, 5.74) is 4.73. The fourth-order valence-corrected chi connectivity index (χ4v) is 5.06.